The predicted molar refractivity (Wildman–Crippen MR) is 67.5 cm³/mol. The van der Waals surface area contributed by atoms with E-state index in [4.69, 9.17) is 14.2 Å². The Hall–Kier alpha value is -1.59. The van der Waals surface area contributed by atoms with Crippen molar-refractivity contribution in [2.45, 2.75) is 6.61 Å². The first-order valence-electron chi connectivity index (χ1n) is 5.74. The summed E-state index contributed by atoms with van der Waals surface area (Å²) in [6.45, 7) is 1.64. The second-order valence-corrected chi connectivity index (χ2v) is 3.68. The highest BCUT2D eigenvalue weighted by Gasteiger charge is 2.03. The smallest absolute Gasteiger partial charge is 0.320 e. The van der Waals surface area contributed by atoms with Crippen LogP contribution in [0.3, 0.4) is 0 Å². The molecule has 5 nitrogen and oxygen atoms in total. The van der Waals surface area contributed by atoms with E-state index >= 15 is 0 Å². The van der Waals surface area contributed by atoms with E-state index in [1.165, 1.54) is 0 Å². The summed E-state index contributed by atoms with van der Waals surface area (Å²) in [7, 11) is 3.22. The van der Waals surface area contributed by atoms with Gasteiger partial charge in [-0.3, -0.25) is 4.79 Å². The lowest BCUT2D eigenvalue weighted by Gasteiger charge is -2.07. The quantitative estimate of drug-likeness (QED) is 0.553. The molecule has 18 heavy (non-hydrogen) atoms. The van der Waals surface area contributed by atoms with E-state index in [0.29, 0.717) is 13.2 Å². The molecule has 1 aromatic carbocycles. The van der Waals surface area contributed by atoms with Gasteiger partial charge in [-0.2, -0.15) is 0 Å². The summed E-state index contributed by atoms with van der Waals surface area (Å²) in [6.07, 6.45) is 0. The van der Waals surface area contributed by atoms with Crippen LogP contribution in [0.25, 0.3) is 0 Å². The van der Waals surface area contributed by atoms with E-state index in [1.807, 2.05) is 24.3 Å². The summed E-state index contributed by atoms with van der Waals surface area (Å²) in [6, 6.07) is 7.43. The van der Waals surface area contributed by atoms with Crippen LogP contribution in [0.4, 0.5) is 0 Å². The number of hydrogen-bond donors (Lipinski definition) is 1. The van der Waals surface area contributed by atoms with Crippen LogP contribution in [0.5, 0.6) is 5.75 Å². The Kier molecular flexibility index (Phi) is 6.83. The van der Waals surface area contributed by atoms with Gasteiger partial charge in [-0.05, 0) is 17.7 Å². The number of benzene rings is 1. The van der Waals surface area contributed by atoms with Gasteiger partial charge in [0.05, 0.1) is 20.3 Å². The molecule has 0 radical (unpaired) electrons. The maximum absolute atomic E-state index is 11.4. The van der Waals surface area contributed by atoms with Gasteiger partial charge in [0.1, 0.15) is 12.4 Å². The van der Waals surface area contributed by atoms with Crippen molar-refractivity contribution < 1.29 is 19.0 Å². The number of rotatable bonds is 8. The van der Waals surface area contributed by atoms with Crippen molar-refractivity contribution in [1.82, 2.24) is 5.32 Å². The first-order chi connectivity index (χ1) is 8.76. The third-order valence-electron chi connectivity index (χ3n) is 2.29. The molecule has 0 bridgehead atoms. The molecule has 0 amide bonds. The van der Waals surface area contributed by atoms with E-state index in [2.05, 4.69) is 5.32 Å². The van der Waals surface area contributed by atoms with Crippen molar-refractivity contribution >= 4 is 5.97 Å². The molecule has 1 N–H and O–H groups in total. The average Bonchev–Trinajstić information content (AvgIpc) is 2.41. The molecule has 0 aliphatic rings. The van der Waals surface area contributed by atoms with Gasteiger partial charge in [0.25, 0.3) is 0 Å². The normalized spacial score (nSPS) is 10.1. The molecule has 0 heterocycles. The lowest BCUT2D eigenvalue weighted by Crippen LogP contribution is -2.27. The zero-order valence-electron chi connectivity index (χ0n) is 10.8. The van der Waals surface area contributed by atoms with E-state index < -0.39 is 0 Å². The predicted octanol–water partition coefficient (Wildman–Crippen LogP) is 0.974. The summed E-state index contributed by atoms with van der Waals surface area (Å²) >= 11 is 0. The van der Waals surface area contributed by atoms with E-state index in [-0.39, 0.29) is 19.1 Å². The Morgan fingerprint density at radius 3 is 2.89 bits per heavy atom. The van der Waals surface area contributed by atoms with Gasteiger partial charge < -0.3 is 19.5 Å². The summed E-state index contributed by atoms with van der Waals surface area (Å²) in [5.41, 5.74) is 0.902. The Bertz CT molecular complexity index is 368. The Balaban J connectivity index is 2.24. The number of carbonyl (C=O) groups excluding carboxylic acids is 1. The van der Waals surface area contributed by atoms with Crippen LogP contribution in [0.15, 0.2) is 24.3 Å². The Morgan fingerprint density at radius 1 is 1.33 bits per heavy atom. The zero-order valence-corrected chi connectivity index (χ0v) is 10.8. The van der Waals surface area contributed by atoms with Crippen LogP contribution in [-0.2, 0) is 20.9 Å². The average molecular weight is 253 g/mol. The molecule has 0 aliphatic carbocycles. The SMILES string of the molecule is COCCNCC(=O)OCc1cccc(OC)c1. The molecule has 0 atom stereocenters. The lowest BCUT2D eigenvalue weighted by molar-refractivity contribution is -0.143. The monoisotopic (exact) mass is 253 g/mol. The van der Waals surface area contributed by atoms with Crippen LogP contribution < -0.4 is 10.1 Å². The minimum absolute atomic E-state index is 0.188. The molecule has 0 aromatic heterocycles. The van der Waals surface area contributed by atoms with Crippen molar-refractivity contribution in [3.63, 3.8) is 0 Å². The molecular formula is C13H19NO4. The van der Waals surface area contributed by atoms with Crippen LogP contribution in [0.1, 0.15) is 5.56 Å². The molecule has 0 saturated carbocycles. The highest BCUT2D eigenvalue weighted by Crippen LogP contribution is 2.13. The standard InChI is InChI=1S/C13H19NO4/c1-16-7-6-14-9-13(15)18-10-11-4-3-5-12(8-11)17-2/h3-5,8,14H,6-7,9-10H2,1-2H3. The highest BCUT2D eigenvalue weighted by molar-refractivity contribution is 5.71. The number of nitrogens with one attached hydrogen (secondary N) is 1. The number of ether oxygens (including phenoxy) is 3. The molecule has 0 unspecified atom stereocenters. The third kappa shape index (κ3) is 5.65. The maximum atomic E-state index is 11.4. The third-order valence-corrected chi connectivity index (χ3v) is 2.29. The first kappa shape index (κ1) is 14.5. The van der Waals surface area contributed by atoms with Crippen LogP contribution >= 0.6 is 0 Å². The Morgan fingerprint density at radius 2 is 2.17 bits per heavy atom. The van der Waals surface area contributed by atoms with Gasteiger partial charge in [-0.15, -0.1) is 0 Å². The molecular weight excluding hydrogens is 234 g/mol. The zero-order chi connectivity index (χ0) is 13.2. The fourth-order valence-corrected chi connectivity index (χ4v) is 1.34. The minimum atomic E-state index is -0.283. The molecule has 0 fully saturated rings. The lowest BCUT2D eigenvalue weighted by atomic mass is 10.2. The molecule has 1 aromatic rings. The fourth-order valence-electron chi connectivity index (χ4n) is 1.34. The first-order valence-corrected chi connectivity index (χ1v) is 5.74. The van der Waals surface area contributed by atoms with Gasteiger partial charge in [-0.1, -0.05) is 12.1 Å². The number of methoxy groups -OCH3 is 2. The summed E-state index contributed by atoms with van der Waals surface area (Å²) in [4.78, 5) is 11.4. The van der Waals surface area contributed by atoms with Crippen LogP contribution in [0, 0.1) is 0 Å². The largest absolute Gasteiger partial charge is 0.497 e. The number of esters is 1. The molecule has 0 spiro atoms. The van der Waals surface area contributed by atoms with Gasteiger partial charge >= 0.3 is 5.97 Å². The highest BCUT2D eigenvalue weighted by atomic mass is 16.5. The van der Waals surface area contributed by atoms with Crippen LogP contribution in [-0.4, -0.2) is 39.9 Å². The second-order valence-electron chi connectivity index (χ2n) is 3.68. The fraction of sp³-hybridized carbons (Fsp3) is 0.462. The van der Waals surface area contributed by atoms with E-state index in [1.54, 1.807) is 14.2 Å². The van der Waals surface area contributed by atoms with Crippen molar-refractivity contribution in [1.29, 1.82) is 0 Å². The number of hydrogen-bond acceptors (Lipinski definition) is 5. The minimum Gasteiger partial charge on any atom is -0.497 e. The van der Waals surface area contributed by atoms with Gasteiger partial charge in [0.15, 0.2) is 0 Å². The molecule has 0 aliphatic heterocycles. The molecule has 1 rings (SSSR count). The Labute approximate surface area is 107 Å². The summed E-state index contributed by atoms with van der Waals surface area (Å²) < 4.78 is 15.0. The molecule has 0 saturated heterocycles. The van der Waals surface area contributed by atoms with Crippen molar-refractivity contribution in [2.24, 2.45) is 0 Å². The van der Waals surface area contributed by atoms with Crippen molar-refractivity contribution in [3.8, 4) is 5.75 Å². The van der Waals surface area contributed by atoms with Gasteiger partial charge in [0, 0.05) is 13.7 Å². The van der Waals surface area contributed by atoms with E-state index in [9.17, 15) is 4.79 Å². The van der Waals surface area contributed by atoms with Crippen LogP contribution in [0.2, 0.25) is 0 Å². The molecule has 5 heteroatoms. The maximum Gasteiger partial charge on any atom is 0.320 e. The topological polar surface area (TPSA) is 56.8 Å². The van der Waals surface area contributed by atoms with Crippen molar-refractivity contribution in [3.05, 3.63) is 29.8 Å². The summed E-state index contributed by atoms with van der Waals surface area (Å²) in [5, 5.41) is 2.92. The number of carbonyl (C=O) groups is 1. The van der Waals surface area contributed by atoms with Gasteiger partial charge in [-0.25, -0.2) is 0 Å². The summed E-state index contributed by atoms with van der Waals surface area (Å²) in [5.74, 6) is 0.468. The molecule has 100 valence electrons. The van der Waals surface area contributed by atoms with Gasteiger partial charge in [0.2, 0.25) is 0 Å². The van der Waals surface area contributed by atoms with E-state index in [0.717, 1.165) is 11.3 Å². The van der Waals surface area contributed by atoms with Crippen molar-refractivity contribution in [2.75, 3.05) is 33.9 Å². The second kappa shape index (κ2) is 8.49.